The quantitative estimate of drug-likeness (QED) is 0.628. The Hall–Kier alpha value is -2.12. The molecule has 0 aliphatic carbocycles. The SMILES string of the molecule is COc1ccc(Br)c(C(=O)NC[C@@H](c2ccsc2)n2nc(C)cc2C)c1. The zero-order valence-electron chi connectivity index (χ0n) is 14.8. The van der Waals surface area contributed by atoms with Crippen molar-refractivity contribution < 1.29 is 9.53 Å². The Bertz CT molecular complexity index is 906. The van der Waals surface area contributed by atoms with Gasteiger partial charge in [0.25, 0.3) is 5.91 Å². The van der Waals surface area contributed by atoms with E-state index in [-0.39, 0.29) is 11.9 Å². The molecule has 0 aliphatic heterocycles. The molecular formula is C19H20BrN3O2S. The van der Waals surface area contributed by atoms with Gasteiger partial charge in [-0.1, -0.05) is 0 Å². The van der Waals surface area contributed by atoms with Crippen LogP contribution >= 0.6 is 27.3 Å². The zero-order chi connectivity index (χ0) is 18.7. The molecule has 2 heterocycles. The number of hydrogen-bond acceptors (Lipinski definition) is 4. The first-order valence-electron chi connectivity index (χ1n) is 8.16. The molecule has 0 radical (unpaired) electrons. The molecule has 0 bridgehead atoms. The van der Waals surface area contributed by atoms with Crippen LogP contribution in [0.4, 0.5) is 0 Å². The van der Waals surface area contributed by atoms with Gasteiger partial charge in [-0.2, -0.15) is 16.4 Å². The van der Waals surface area contributed by atoms with E-state index in [4.69, 9.17) is 4.74 Å². The summed E-state index contributed by atoms with van der Waals surface area (Å²) in [5.74, 6) is 0.490. The van der Waals surface area contributed by atoms with Gasteiger partial charge >= 0.3 is 0 Å². The first-order valence-corrected chi connectivity index (χ1v) is 9.89. The molecule has 136 valence electrons. The molecular weight excluding hydrogens is 414 g/mol. The zero-order valence-corrected chi connectivity index (χ0v) is 17.2. The molecule has 0 aliphatic rings. The standard InChI is InChI=1S/C19H20BrN3O2S/c1-12-8-13(2)23(22-12)18(14-6-7-26-11-14)10-21-19(24)16-9-15(25-3)4-5-17(16)20/h4-9,11,18H,10H2,1-3H3,(H,21,24)/t18-/m0/s1. The van der Waals surface area contributed by atoms with E-state index < -0.39 is 0 Å². The number of rotatable bonds is 6. The van der Waals surface area contributed by atoms with E-state index in [1.54, 1.807) is 24.5 Å². The van der Waals surface area contributed by atoms with E-state index in [1.807, 2.05) is 42.1 Å². The molecule has 1 amide bonds. The number of methoxy groups -OCH3 is 1. The summed E-state index contributed by atoms with van der Waals surface area (Å²) in [5.41, 5.74) is 3.70. The number of ether oxygens (including phenoxy) is 1. The highest BCUT2D eigenvalue weighted by atomic mass is 79.9. The molecule has 0 fully saturated rings. The third-order valence-corrected chi connectivity index (χ3v) is 5.53. The van der Waals surface area contributed by atoms with Crippen molar-refractivity contribution in [1.29, 1.82) is 0 Å². The maximum absolute atomic E-state index is 12.7. The molecule has 1 atom stereocenters. The number of aromatic nitrogens is 2. The number of aryl methyl sites for hydroxylation is 2. The van der Waals surface area contributed by atoms with Crippen molar-refractivity contribution in [2.45, 2.75) is 19.9 Å². The molecule has 0 saturated heterocycles. The molecule has 1 N–H and O–H groups in total. The van der Waals surface area contributed by atoms with Crippen LogP contribution in [-0.2, 0) is 0 Å². The number of benzene rings is 1. The maximum atomic E-state index is 12.7. The molecule has 2 aromatic heterocycles. The number of amides is 1. The van der Waals surface area contributed by atoms with E-state index in [9.17, 15) is 4.79 Å². The molecule has 1 aromatic carbocycles. The van der Waals surface area contributed by atoms with Crippen LogP contribution in [0.2, 0.25) is 0 Å². The number of halogens is 1. The summed E-state index contributed by atoms with van der Waals surface area (Å²) in [7, 11) is 1.58. The Morgan fingerprint density at radius 2 is 2.15 bits per heavy atom. The van der Waals surface area contributed by atoms with Crippen molar-refractivity contribution in [3.8, 4) is 5.75 Å². The highest BCUT2D eigenvalue weighted by molar-refractivity contribution is 9.10. The van der Waals surface area contributed by atoms with Gasteiger partial charge in [-0.05, 0) is 76.4 Å². The molecule has 0 spiro atoms. The lowest BCUT2D eigenvalue weighted by molar-refractivity contribution is 0.0948. The Balaban J connectivity index is 1.82. The smallest absolute Gasteiger partial charge is 0.252 e. The van der Waals surface area contributed by atoms with E-state index >= 15 is 0 Å². The lowest BCUT2D eigenvalue weighted by Gasteiger charge is -2.19. The van der Waals surface area contributed by atoms with Gasteiger partial charge in [-0.15, -0.1) is 0 Å². The summed E-state index contributed by atoms with van der Waals surface area (Å²) in [6.45, 7) is 4.45. The summed E-state index contributed by atoms with van der Waals surface area (Å²) >= 11 is 5.07. The Kier molecular flexibility index (Phi) is 5.78. The van der Waals surface area contributed by atoms with Crippen molar-refractivity contribution in [2.24, 2.45) is 0 Å². The van der Waals surface area contributed by atoms with Crippen molar-refractivity contribution >= 4 is 33.2 Å². The minimum Gasteiger partial charge on any atom is -0.497 e. The lowest BCUT2D eigenvalue weighted by Crippen LogP contribution is -2.32. The van der Waals surface area contributed by atoms with Crippen LogP contribution in [0.25, 0.3) is 0 Å². The minimum atomic E-state index is -0.155. The first kappa shape index (κ1) is 18.7. The van der Waals surface area contributed by atoms with Crippen LogP contribution in [0.3, 0.4) is 0 Å². The Morgan fingerprint density at radius 1 is 1.35 bits per heavy atom. The molecule has 7 heteroatoms. The van der Waals surface area contributed by atoms with Crippen LogP contribution in [-0.4, -0.2) is 29.3 Å². The predicted molar refractivity (Wildman–Crippen MR) is 107 cm³/mol. The number of nitrogens with one attached hydrogen (secondary N) is 1. The number of carbonyl (C=O) groups is 1. The summed E-state index contributed by atoms with van der Waals surface area (Å²) in [6, 6.07) is 9.40. The summed E-state index contributed by atoms with van der Waals surface area (Å²) in [5, 5.41) is 11.8. The van der Waals surface area contributed by atoms with Crippen LogP contribution in [0.1, 0.15) is 33.4 Å². The highest BCUT2D eigenvalue weighted by Crippen LogP contribution is 2.24. The Labute approximate surface area is 165 Å². The molecule has 3 aromatic rings. The van der Waals surface area contributed by atoms with Crippen molar-refractivity contribution in [3.05, 3.63) is 68.1 Å². The molecule has 5 nitrogen and oxygen atoms in total. The summed E-state index contributed by atoms with van der Waals surface area (Å²) in [6.07, 6.45) is 0. The van der Waals surface area contributed by atoms with E-state index in [0.29, 0.717) is 17.9 Å². The van der Waals surface area contributed by atoms with Gasteiger partial charge in [0.15, 0.2) is 0 Å². The van der Waals surface area contributed by atoms with Gasteiger partial charge in [0.2, 0.25) is 0 Å². The number of nitrogens with zero attached hydrogens (tertiary/aromatic N) is 2. The van der Waals surface area contributed by atoms with Crippen molar-refractivity contribution in [1.82, 2.24) is 15.1 Å². The Morgan fingerprint density at radius 3 is 2.77 bits per heavy atom. The van der Waals surface area contributed by atoms with Crippen molar-refractivity contribution in [2.75, 3.05) is 13.7 Å². The monoisotopic (exact) mass is 433 g/mol. The third kappa shape index (κ3) is 3.99. The maximum Gasteiger partial charge on any atom is 0.252 e. The second-order valence-electron chi connectivity index (χ2n) is 6.00. The van der Waals surface area contributed by atoms with Crippen LogP contribution in [0.5, 0.6) is 5.75 Å². The third-order valence-electron chi connectivity index (χ3n) is 4.14. The summed E-state index contributed by atoms with van der Waals surface area (Å²) < 4.78 is 7.92. The fraction of sp³-hybridized carbons (Fsp3) is 0.263. The second kappa shape index (κ2) is 8.05. The van der Waals surface area contributed by atoms with Gasteiger partial charge in [-0.25, -0.2) is 0 Å². The topological polar surface area (TPSA) is 56.1 Å². The number of thiophene rings is 1. The fourth-order valence-corrected chi connectivity index (χ4v) is 4.00. The van der Waals surface area contributed by atoms with Gasteiger partial charge in [0, 0.05) is 16.7 Å². The molecule has 0 saturated carbocycles. The largest absolute Gasteiger partial charge is 0.497 e. The van der Waals surface area contributed by atoms with Gasteiger partial charge in [0.1, 0.15) is 5.75 Å². The highest BCUT2D eigenvalue weighted by Gasteiger charge is 2.20. The normalized spacial score (nSPS) is 12.0. The fourth-order valence-electron chi connectivity index (χ4n) is 2.86. The van der Waals surface area contributed by atoms with Crippen molar-refractivity contribution in [3.63, 3.8) is 0 Å². The van der Waals surface area contributed by atoms with E-state index in [2.05, 4.69) is 37.8 Å². The van der Waals surface area contributed by atoms with Gasteiger partial charge in [0.05, 0.1) is 24.4 Å². The van der Waals surface area contributed by atoms with E-state index in [1.165, 1.54) is 0 Å². The van der Waals surface area contributed by atoms with E-state index in [0.717, 1.165) is 21.4 Å². The number of hydrogen-bond donors (Lipinski definition) is 1. The number of carbonyl (C=O) groups excluding carboxylic acids is 1. The lowest BCUT2D eigenvalue weighted by atomic mass is 10.1. The molecule has 0 unspecified atom stereocenters. The van der Waals surface area contributed by atoms with Crippen LogP contribution in [0, 0.1) is 13.8 Å². The first-order chi connectivity index (χ1) is 12.5. The van der Waals surface area contributed by atoms with Crippen LogP contribution in [0.15, 0.2) is 45.6 Å². The van der Waals surface area contributed by atoms with Crippen LogP contribution < -0.4 is 10.1 Å². The second-order valence-corrected chi connectivity index (χ2v) is 7.63. The van der Waals surface area contributed by atoms with Gasteiger partial charge < -0.3 is 10.1 Å². The average molecular weight is 434 g/mol. The molecule has 26 heavy (non-hydrogen) atoms. The predicted octanol–water partition coefficient (Wildman–Crippen LogP) is 4.35. The molecule has 3 rings (SSSR count). The summed E-state index contributed by atoms with van der Waals surface area (Å²) in [4.78, 5) is 12.7. The average Bonchev–Trinajstić information content (AvgIpc) is 3.26. The van der Waals surface area contributed by atoms with Gasteiger partial charge in [-0.3, -0.25) is 9.48 Å². The minimum absolute atomic E-state index is 0.0525.